The molecule has 0 spiro atoms. The first-order chi connectivity index (χ1) is 11.7. The summed E-state index contributed by atoms with van der Waals surface area (Å²) in [4.78, 5) is 12.5. The van der Waals surface area contributed by atoms with Gasteiger partial charge in [0.05, 0.1) is 7.11 Å². The number of benzene rings is 2. The zero-order valence-electron chi connectivity index (χ0n) is 13.0. The van der Waals surface area contributed by atoms with Gasteiger partial charge in [-0.25, -0.2) is 0 Å². The molecule has 0 aliphatic carbocycles. The monoisotopic (exact) mass is 329 g/mol. The molecule has 7 nitrogen and oxygen atoms in total. The summed E-state index contributed by atoms with van der Waals surface area (Å²) in [5.74, 6) is 2.45. The second-order valence-corrected chi connectivity index (χ2v) is 5.22. The Morgan fingerprint density at radius 3 is 2.71 bits per heavy atom. The van der Waals surface area contributed by atoms with Crippen LogP contribution in [0, 0.1) is 0 Å². The molecule has 24 heavy (non-hydrogen) atoms. The van der Waals surface area contributed by atoms with Crippen LogP contribution in [0.25, 0.3) is 0 Å². The number of fused-ring (bicyclic) bond motifs is 2. The Morgan fingerprint density at radius 1 is 1.00 bits per heavy atom. The lowest BCUT2D eigenvalue weighted by Crippen LogP contribution is -2.18. The third-order valence-corrected chi connectivity index (χ3v) is 3.72. The van der Waals surface area contributed by atoms with Gasteiger partial charge in [0.1, 0.15) is 13.2 Å². The van der Waals surface area contributed by atoms with Crippen LogP contribution in [0.2, 0.25) is 0 Å². The maximum atomic E-state index is 12.5. The van der Waals surface area contributed by atoms with Crippen LogP contribution in [0.15, 0.2) is 30.3 Å². The quantitative estimate of drug-likeness (QED) is 0.932. The molecule has 0 fully saturated rings. The van der Waals surface area contributed by atoms with E-state index in [0.717, 1.165) is 0 Å². The van der Waals surface area contributed by atoms with Gasteiger partial charge in [-0.2, -0.15) is 0 Å². The molecule has 7 heteroatoms. The number of carbonyl (C=O) groups excluding carboxylic acids is 1. The summed E-state index contributed by atoms with van der Waals surface area (Å²) in [6.07, 6.45) is 0. The van der Waals surface area contributed by atoms with Crippen LogP contribution in [-0.2, 0) is 0 Å². The highest BCUT2D eigenvalue weighted by molar-refractivity contribution is 6.05. The molecule has 2 heterocycles. The van der Waals surface area contributed by atoms with Crippen molar-refractivity contribution in [2.24, 2.45) is 0 Å². The molecule has 0 aromatic heterocycles. The fourth-order valence-corrected chi connectivity index (χ4v) is 2.58. The van der Waals surface area contributed by atoms with Crippen molar-refractivity contribution < 1.29 is 28.5 Å². The Bertz CT molecular complexity index is 787. The molecule has 0 saturated heterocycles. The van der Waals surface area contributed by atoms with E-state index in [4.69, 9.17) is 23.7 Å². The number of amides is 1. The van der Waals surface area contributed by atoms with E-state index >= 15 is 0 Å². The molecule has 0 saturated carbocycles. The van der Waals surface area contributed by atoms with Crippen molar-refractivity contribution in [1.29, 1.82) is 0 Å². The summed E-state index contributed by atoms with van der Waals surface area (Å²) in [5, 5.41) is 2.82. The van der Waals surface area contributed by atoms with Gasteiger partial charge in [0.2, 0.25) is 12.5 Å². The molecule has 1 amide bonds. The second-order valence-electron chi connectivity index (χ2n) is 5.22. The lowest BCUT2D eigenvalue weighted by molar-refractivity contribution is 0.102. The molecule has 124 valence electrons. The van der Waals surface area contributed by atoms with Crippen molar-refractivity contribution >= 4 is 11.6 Å². The fraction of sp³-hybridized carbons (Fsp3) is 0.235. The lowest BCUT2D eigenvalue weighted by atomic mass is 10.1. The third kappa shape index (κ3) is 2.54. The number of carbonyl (C=O) groups is 1. The topological polar surface area (TPSA) is 75.3 Å². The number of hydrogen-bond donors (Lipinski definition) is 1. The predicted molar refractivity (Wildman–Crippen MR) is 84.5 cm³/mol. The van der Waals surface area contributed by atoms with Gasteiger partial charge < -0.3 is 29.0 Å². The normalized spacial score (nSPS) is 14.2. The summed E-state index contributed by atoms with van der Waals surface area (Å²) in [7, 11) is 1.52. The minimum absolute atomic E-state index is 0.187. The average molecular weight is 329 g/mol. The molecule has 2 aromatic carbocycles. The largest absolute Gasteiger partial charge is 0.493 e. The van der Waals surface area contributed by atoms with E-state index in [1.165, 1.54) is 7.11 Å². The summed E-state index contributed by atoms with van der Waals surface area (Å²) in [6.45, 7) is 1.07. The van der Waals surface area contributed by atoms with Crippen molar-refractivity contribution in [3.05, 3.63) is 35.9 Å². The Balaban J connectivity index is 1.60. The molecule has 4 rings (SSSR count). The summed E-state index contributed by atoms with van der Waals surface area (Å²) in [6, 6.07) is 8.48. The second kappa shape index (κ2) is 5.84. The summed E-state index contributed by atoms with van der Waals surface area (Å²) in [5.41, 5.74) is 1.02. The minimum Gasteiger partial charge on any atom is -0.493 e. The van der Waals surface area contributed by atoms with E-state index in [0.29, 0.717) is 53.2 Å². The molecule has 1 N–H and O–H groups in total. The number of rotatable bonds is 3. The SMILES string of the molecule is COc1cc(C(=O)Nc2ccc3c(c2)OCO3)cc2c1OCCO2. The van der Waals surface area contributed by atoms with E-state index in [1.807, 2.05) is 0 Å². The van der Waals surface area contributed by atoms with Gasteiger partial charge in [0.15, 0.2) is 23.0 Å². The maximum Gasteiger partial charge on any atom is 0.255 e. The first-order valence-electron chi connectivity index (χ1n) is 7.43. The first kappa shape index (κ1) is 14.5. The van der Waals surface area contributed by atoms with Gasteiger partial charge in [-0.3, -0.25) is 4.79 Å². The standard InChI is InChI=1S/C17H15NO6/c1-20-14-6-10(7-15-16(14)22-5-4-21-15)17(19)18-11-2-3-12-13(8-11)24-9-23-12/h2-3,6-8H,4-5,9H2,1H3,(H,18,19). The highest BCUT2D eigenvalue weighted by Gasteiger charge is 2.21. The van der Waals surface area contributed by atoms with Crippen molar-refractivity contribution in [3.63, 3.8) is 0 Å². The van der Waals surface area contributed by atoms with E-state index < -0.39 is 0 Å². The van der Waals surface area contributed by atoms with Crippen molar-refractivity contribution in [2.75, 3.05) is 32.4 Å². The van der Waals surface area contributed by atoms with Gasteiger partial charge in [-0.15, -0.1) is 0 Å². The van der Waals surface area contributed by atoms with E-state index in [9.17, 15) is 4.79 Å². The Hall–Kier alpha value is -3.09. The zero-order valence-corrected chi connectivity index (χ0v) is 13.0. The van der Waals surface area contributed by atoms with Crippen molar-refractivity contribution in [2.45, 2.75) is 0 Å². The smallest absolute Gasteiger partial charge is 0.255 e. The summed E-state index contributed by atoms with van der Waals surface area (Å²) >= 11 is 0. The molecule has 2 aromatic rings. The van der Waals surface area contributed by atoms with Gasteiger partial charge in [-0.05, 0) is 24.3 Å². The number of ether oxygens (including phenoxy) is 5. The van der Waals surface area contributed by atoms with Crippen LogP contribution in [0.1, 0.15) is 10.4 Å². The van der Waals surface area contributed by atoms with Crippen molar-refractivity contribution in [1.82, 2.24) is 0 Å². The van der Waals surface area contributed by atoms with Crippen molar-refractivity contribution in [3.8, 4) is 28.7 Å². The molecular weight excluding hydrogens is 314 g/mol. The molecule has 0 atom stereocenters. The van der Waals surface area contributed by atoms with Gasteiger partial charge >= 0.3 is 0 Å². The van der Waals surface area contributed by atoms with E-state index in [1.54, 1.807) is 30.3 Å². The Morgan fingerprint density at radius 2 is 1.83 bits per heavy atom. The number of hydrogen-bond acceptors (Lipinski definition) is 6. The van der Waals surface area contributed by atoms with Crippen LogP contribution in [-0.4, -0.2) is 33.0 Å². The molecule has 0 bridgehead atoms. The summed E-state index contributed by atoms with van der Waals surface area (Å²) < 4.78 is 26.9. The first-order valence-corrected chi connectivity index (χ1v) is 7.43. The van der Waals surface area contributed by atoms with Crippen LogP contribution in [0.4, 0.5) is 5.69 Å². The minimum atomic E-state index is -0.288. The lowest BCUT2D eigenvalue weighted by Gasteiger charge is -2.21. The number of nitrogens with one attached hydrogen (secondary N) is 1. The van der Waals surface area contributed by atoms with Gasteiger partial charge in [0.25, 0.3) is 5.91 Å². The Kier molecular flexibility index (Phi) is 3.53. The zero-order chi connectivity index (χ0) is 16.5. The molecule has 0 unspecified atom stereocenters. The molecular formula is C17H15NO6. The third-order valence-electron chi connectivity index (χ3n) is 3.72. The van der Waals surface area contributed by atoms with Crippen LogP contribution in [0.3, 0.4) is 0 Å². The highest BCUT2D eigenvalue weighted by Crippen LogP contribution is 2.40. The fourth-order valence-electron chi connectivity index (χ4n) is 2.58. The Labute approximate surface area is 138 Å². The number of anilines is 1. The van der Waals surface area contributed by atoms with Crippen LogP contribution < -0.4 is 29.0 Å². The molecule has 2 aliphatic rings. The van der Waals surface area contributed by atoms with E-state index in [-0.39, 0.29) is 12.7 Å². The van der Waals surface area contributed by atoms with E-state index in [2.05, 4.69) is 5.32 Å². The van der Waals surface area contributed by atoms with Gasteiger partial charge in [-0.1, -0.05) is 0 Å². The molecule has 2 aliphatic heterocycles. The van der Waals surface area contributed by atoms with Crippen LogP contribution in [0.5, 0.6) is 28.7 Å². The highest BCUT2D eigenvalue weighted by atomic mass is 16.7. The predicted octanol–water partition coefficient (Wildman–Crippen LogP) is 2.45. The number of methoxy groups -OCH3 is 1. The van der Waals surface area contributed by atoms with Crippen LogP contribution >= 0.6 is 0 Å². The van der Waals surface area contributed by atoms with Gasteiger partial charge in [0, 0.05) is 17.3 Å². The molecule has 0 radical (unpaired) electrons. The maximum absolute atomic E-state index is 12.5. The average Bonchev–Trinajstić information content (AvgIpc) is 3.08.